The molecule has 0 aromatic heterocycles. The van der Waals surface area contributed by atoms with E-state index in [9.17, 15) is 18.0 Å². The van der Waals surface area contributed by atoms with E-state index >= 15 is 0 Å². The first-order valence-corrected chi connectivity index (χ1v) is 12.1. The van der Waals surface area contributed by atoms with Gasteiger partial charge in [-0.25, -0.2) is 0 Å². The minimum absolute atomic E-state index is 0.0163. The van der Waals surface area contributed by atoms with E-state index in [2.05, 4.69) is 9.71 Å². The van der Waals surface area contributed by atoms with Crippen molar-refractivity contribution in [2.24, 2.45) is 4.40 Å². The van der Waals surface area contributed by atoms with Gasteiger partial charge in [-0.2, -0.15) is 8.42 Å². The lowest BCUT2D eigenvalue weighted by Gasteiger charge is -2.16. The van der Waals surface area contributed by atoms with Crippen LogP contribution in [0.4, 0.5) is 11.4 Å². The van der Waals surface area contributed by atoms with Gasteiger partial charge < -0.3 is 5.32 Å². The summed E-state index contributed by atoms with van der Waals surface area (Å²) < 4.78 is 29.6. The van der Waals surface area contributed by atoms with Crippen LogP contribution in [0.2, 0.25) is 0 Å². The van der Waals surface area contributed by atoms with Crippen molar-refractivity contribution < 1.29 is 18.0 Å². The van der Waals surface area contributed by atoms with Crippen LogP contribution in [0.3, 0.4) is 0 Å². The van der Waals surface area contributed by atoms with E-state index in [1.807, 2.05) is 6.07 Å². The molecule has 9 heteroatoms. The average molecular weight is 466 g/mol. The Morgan fingerprint density at radius 3 is 2.09 bits per heavy atom. The smallest absolute Gasteiger partial charge is 0.284 e. The quantitative estimate of drug-likeness (QED) is 0.596. The maximum atomic E-state index is 13.2. The lowest BCUT2D eigenvalue weighted by Crippen LogP contribution is -2.33. The Labute approximate surface area is 190 Å². The van der Waals surface area contributed by atoms with Gasteiger partial charge in [0.15, 0.2) is 5.17 Å². The van der Waals surface area contributed by atoms with Crippen LogP contribution in [0.15, 0.2) is 100 Å². The molecule has 0 spiro atoms. The van der Waals surface area contributed by atoms with Crippen LogP contribution in [0.1, 0.15) is 6.42 Å². The monoisotopic (exact) mass is 465 g/mol. The first kappa shape index (κ1) is 21.8. The molecule has 32 heavy (non-hydrogen) atoms. The van der Waals surface area contributed by atoms with Gasteiger partial charge in [-0.05, 0) is 36.4 Å². The number of hydrogen-bond acceptors (Lipinski definition) is 5. The lowest BCUT2D eigenvalue weighted by molar-refractivity contribution is -0.121. The van der Waals surface area contributed by atoms with E-state index < -0.39 is 21.2 Å². The second-order valence-electron chi connectivity index (χ2n) is 6.90. The summed E-state index contributed by atoms with van der Waals surface area (Å²) >= 11 is 0.969. The average Bonchev–Trinajstić information content (AvgIpc) is 3.09. The number of nitrogens with one attached hydrogen (secondary N) is 1. The second kappa shape index (κ2) is 9.37. The van der Waals surface area contributed by atoms with Crippen molar-refractivity contribution in [3.63, 3.8) is 0 Å². The van der Waals surface area contributed by atoms with Crippen molar-refractivity contribution in [3.05, 3.63) is 91.0 Å². The van der Waals surface area contributed by atoms with Gasteiger partial charge in [0, 0.05) is 12.1 Å². The summed E-state index contributed by atoms with van der Waals surface area (Å²) in [5, 5.41) is 1.97. The minimum Gasteiger partial charge on any atom is -0.326 e. The fraction of sp³-hybridized carbons (Fsp3) is 0.0870. The highest BCUT2D eigenvalue weighted by Crippen LogP contribution is 2.35. The van der Waals surface area contributed by atoms with Crippen molar-refractivity contribution in [1.82, 2.24) is 0 Å². The number of thioether (sulfide) groups is 1. The Morgan fingerprint density at radius 2 is 1.47 bits per heavy atom. The summed E-state index contributed by atoms with van der Waals surface area (Å²) in [7, 11) is -4.04. The van der Waals surface area contributed by atoms with E-state index in [4.69, 9.17) is 0 Å². The number of para-hydroxylation sites is 2. The molecule has 3 aromatic carbocycles. The van der Waals surface area contributed by atoms with E-state index in [1.54, 1.807) is 72.8 Å². The molecule has 1 heterocycles. The SMILES string of the molecule is O=C(CC1S/C(=N/S(=O)(=O)c2ccccc2)N(c2ccccc2)C1=O)Nc1ccccc1. The Morgan fingerprint density at radius 1 is 0.906 bits per heavy atom. The molecule has 7 nitrogen and oxygen atoms in total. The second-order valence-corrected chi connectivity index (χ2v) is 9.67. The maximum Gasteiger partial charge on any atom is 0.284 e. The highest BCUT2D eigenvalue weighted by atomic mass is 32.2. The van der Waals surface area contributed by atoms with Gasteiger partial charge >= 0.3 is 0 Å². The lowest BCUT2D eigenvalue weighted by atomic mass is 10.2. The van der Waals surface area contributed by atoms with Crippen LogP contribution in [0.25, 0.3) is 0 Å². The summed E-state index contributed by atoms with van der Waals surface area (Å²) in [6.45, 7) is 0. The molecule has 0 saturated carbocycles. The molecule has 0 radical (unpaired) electrons. The normalized spacial score (nSPS) is 17.5. The highest BCUT2D eigenvalue weighted by molar-refractivity contribution is 8.16. The van der Waals surface area contributed by atoms with Gasteiger partial charge in [0.05, 0.1) is 10.6 Å². The molecule has 4 rings (SSSR count). The molecule has 1 unspecified atom stereocenters. The highest BCUT2D eigenvalue weighted by Gasteiger charge is 2.41. The Balaban J connectivity index is 1.63. The number of amides is 2. The molecule has 1 N–H and O–H groups in total. The van der Waals surface area contributed by atoms with Gasteiger partial charge in [-0.3, -0.25) is 14.5 Å². The molecule has 1 atom stereocenters. The summed E-state index contributed by atoms with van der Waals surface area (Å²) in [6.07, 6.45) is -0.119. The number of sulfonamides is 1. The van der Waals surface area contributed by atoms with Gasteiger partial charge in [-0.1, -0.05) is 66.4 Å². The minimum atomic E-state index is -4.04. The molecule has 1 aliphatic heterocycles. The van der Waals surface area contributed by atoms with Crippen LogP contribution in [0.5, 0.6) is 0 Å². The van der Waals surface area contributed by atoms with Crippen molar-refractivity contribution in [1.29, 1.82) is 0 Å². The molecule has 1 saturated heterocycles. The number of carbonyl (C=O) groups excluding carboxylic acids is 2. The molecule has 1 aliphatic rings. The Bertz CT molecular complexity index is 1250. The number of amidine groups is 1. The fourth-order valence-electron chi connectivity index (χ4n) is 3.12. The van der Waals surface area contributed by atoms with Crippen LogP contribution in [0, 0.1) is 0 Å². The molecule has 1 fully saturated rings. The largest absolute Gasteiger partial charge is 0.326 e. The zero-order valence-corrected chi connectivity index (χ0v) is 18.4. The number of nitrogens with zero attached hydrogens (tertiary/aromatic N) is 2. The standard InChI is InChI=1S/C23H19N3O4S2/c27-21(24-17-10-4-1-5-11-17)16-20-22(28)26(18-12-6-2-7-13-18)23(31-20)25-32(29,30)19-14-8-3-9-15-19/h1-15,20H,16H2,(H,24,27)/b25-23+. The number of anilines is 2. The number of carbonyl (C=O) groups is 2. The molecular weight excluding hydrogens is 446 g/mol. The third-order valence-corrected chi connectivity index (χ3v) is 7.15. The zero-order valence-electron chi connectivity index (χ0n) is 16.8. The molecule has 2 amide bonds. The predicted molar refractivity (Wildman–Crippen MR) is 126 cm³/mol. The van der Waals surface area contributed by atoms with Crippen LogP contribution in [-0.4, -0.2) is 30.6 Å². The maximum absolute atomic E-state index is 13.2. The third-order valence-electron chi connectivity index (χ3n) is 4.62. The van der Waals surface area contributed by atoms with Crippen molar-refractivity contribution >= 4 is 50.1 Å². The van der Waals surface area contributed by atoms with E-state index in [0.29, 0.717) is 11.4 Å². The Kier molecular flexibility index (Phi) is 6.38. The number of rotatable bonds is 6. The van der Waals surface area contributed by atoms with Crippen molar-refractivity contribution in [2.75, 3.05) is 10.2 Å². The molecule has 0 bridgehead atoms. The number of hydrogen-bond donors (Lipinski definition) is 1. The van der Waals surface area contributed by atoms with Crippen LogP contribution < -0.4 is 10.2 Å². The number of benzene rings is 3. The predicted octanol–water partition coefficient (Wildman–Crippen LogP) is 3.91. The van der Waals surface area contributed by atoms with Crippen molar-refractivity contribution in [3.8, 4) is 0 Å². The first-order chi connectivity index (χ1) is 15.4. The summed E-state index contributed by atoms with van der Waals surface area (Å²) in [5.41, 5.74) is 1.10. The van der Waals surface area contributed by atoms with Crippen LogP contribution in [-0.2, 0) is 19.6 Å². The summed E-state index contributed by atoms with van der Waals surface area (Å²) in [4.78, 5) is 27.0. The van der Waals surface area contributed by atoms with Gasteiger partial charge in [0.2, 0.25) is 11.8 Å². The van der Waals surface area contributed by atoms with Gasteiger partial charge in [0.1, 0.15) is 5.25 Å². The summed E-state index contributed by atoms with van der Waals surface area (Å²) in [6, 6.07) is 25.4. The topological polar surface area (TPSA) is 95.9 Å². The van der Waals surface area contributed by atoms with E-state index in [0.717, 1.165) is 11.8 Å². The fourth-order valence-corrected chi connectivity index (χ4v) is 5.48. The zero-order chi connectivity index (χ0) is 22.6. The van der Waals surface area contributed by atoms with Gasteiger partial charge in [0.25, 0.3) is 10.0 Å². The molecule has 3 aromatic rings. The third kappa shape index (κ3) is 4.90. The Hall–Kier alpha value is -3.43. The van der Waals surface area contributed by atoms with E-state index in [-0.39, 0.29) is 22.4 Å². The molecular formula is C23H19N3O4S2. The summed E-state index contributed by atoms with van der Waals surface area (Å²) in [5.74, 6) is -0.742. The molecule has 0 aliphatic carbocycles. The molecule has 162 valence electrons. The van der Waals surface area contributed by atoms with Crippen molar-refractivity contribution in [2.45, 2.75) is 16.6 Å². The first-order valence-electron chi connectivity index (χ1n) is 9.75. The van der Waals surface area contributed by atoms with E-state index in [1.165, 1.54) is 17.0 Å². The van der Waals surface area contributed by atoms with Crippen LogP contribution >= 0.6 is 11.8 Å². The van der Waals surface area contributed by atoms with Gasteiger partial charge in [-0.15, -0.1) is 4.40 Å².